The van der Waals surface area contributed by atoms with Crippen LogP contribution in [0.4, 0.5) is 0 Å². The van der Waals surface area contributed by atoms with E-state index in [-0.39, 0.29) is 6.42 Å². The highest BCUT2D eigenvalue weighted by Crippen LogP contribution is 1.94. The summed E-state index contributed by atoms with van der Waals surface area (Å²) in [6, 6.07) is 3.52. The second-order valence-corrected chi connectivity index (χ2v) is 1.77. The summed E-state index contributed by atoms with van der Waals surface area (Å²) in [6.45, 7) is 0. The van der Waals surface area contributed by atoms with Crippen LogP contribution in [0.5, 0.6) is 0 Å². The number of carbonyl (C=O) groups is 1. The Balaban J connectivity index is 2.58. The first kappa shape index (κ1) is 5.88. The van der Waals surface area contributed by atoms with Crippen molar-refractivity contribution in [3.8, 4) is 0 Å². The number of rotatable bonds is 2. The van der Waals surface area contributed by atoms with Crippen molar-refractivity contribution in [2.75, 3.05) is 0 Å². The maximum absolute atomic E-state index is 10.0. The van der Waals surface area contributed by atoms with Crippen molar-refractivity contribution in [1.82, 2.24) is 4.98 Å². The molecule has 0 aliphatic heterocycles. The highest BCUT2D eigenvalue weighted by molar-refractivity contribution is 5.69. The fraction of sp³-hybridized carbons (Fsp3) is 0.167. The van der Waals surface area contributed by atoms with Crippen molar-refractivity contribution in [2.45, 2.75) is 6.42 Å². The van der Waals surface area contributed by atoms with E-state index >= 15 is 0 Å². The summed E-state index contributed by atoms with van der Waals surface area (Å²) in [6.07, 6.45) is 1.78. The molecule has 0 amide bonds. The molecule has 0 radical (unpaired) electrons. The van der Waals surface area contributed by atoms with Gasteiger partial charge < -0.3 is 10.1 Å². The number of hydrogen-bond acceptors (Lipinski definition) is 1. The lowest BCUT2D eigenvalue weighted by atomic mass is 10.3. The number of aromatic amines is 1. The topological polar surface area (TPSA) is 53.1 Å². The van der Waals surface area contributed by atoms with E-state index < -0.39 is 5.97 Å². The summed E-state index contributed by atoms with van der Waals surface area (Å²) in [5.74, 6) is -0.808. The van der Waals surface area contributed by atoms with Gasteiger partial charge in [0.05, 0.1) is 6.42 Å². The first-order chi connectivity index (χ1) is 4.29. The molecule has 0 aromatic carbocycles. The fourth-order valence-corrected chi connectivity index (χ4v) is 0.640. The van der Waals surface area contributed by atoms with Gasteiger partial charge in [0.15, 0.2) is 0 Å². The molecule has 2 N–H and O–H groups in total. The van der Waals surface area contributed by atoms with Crippen LogP contribution < -0.4 is 0 Å². The Kier molecular flexibility index (Phi) is 1.53. The molecule has 0 aliphatic carbocycles. The lowest BCUT2D eigenvalue weighted by Gasteiger charge is -1.86. The summed E-state index contributed by atoms with van der Waals surface area (Å²) < 4.78 is 0. The lowest BCUT2D eigenvalue weighted by Crippen LogP contribution is -1.99. The van der Waals surface area contributed by atoms with Gasteiger partial charge in [0.25, 0.3) is 0 Å². The standard InChI is InChI=1S/C6H7NO2/c8-6(9)4-5-2-1-3-7-5/h1-3,7H,4H2,(H,8,9). The van der Waals surface area contributed by atoms with Crippen molar-refractivity contribution in [2.24, 2.45) is 0 Å². The predicted molar refractivity (Wildman–Crippen MR) is 32.1 cm³/mol. The van der Waals surface area contributed by atoms with E-state index in [0.29, 0.717) is 0 Å². The van der Waals surface area contributed by atoms with Crippen LogP contribution in [0.25, 0.3) is 0 Å². The molecule has 1 rings (SSSR count). The van der Waals surface area contributed by atoms with Crippen LogP contribution in [-0.2, 0) is 11.2 Å². The zero-order valence-corrected chi connectivity index (χ0v) is 4.79. The molecule has 0 fully saturated rings. The van der Waals surface area contributed by atoms with Gasteiger partial charge in [0.1, 0.15) is 0 Å². The Morgan fingerprint density at radius 1 is 1.78 bits per heavy atom. The van der Waals surface area contributed by atoms with Gasteiger partial charge in [-0.05, 0) is 12.1 Å². The van der Waals surface area contributed by atoms with Crippen LogP contribution >= 0.6 is 0 Å². The second-order valence-electron chi connectivity index (χ2n) is 1.77. The zero-order valence-electron chi connectivity index (χ0n) is 4.79. The molecule has 3 nitrogen and oxygen atoms in total. The molecular weight excluding hydrogens is 118 g/mol. The molecule has 0 atom stereocenters. The van der Waals surface area contributed by atoms with Gasteiger partial charge in [-0.1, -0.05) is 0 Å². The summed E-state index contributed by atoms with van der Waals surface area (Å²) in [7, 11) is 0. The number of carboxylic acids is 1. The van der Waals surface area contributed by atoms with Crippen LogP contribution in [0, 0.1) is 0 Å². The van der Waals surface area contributed by atoms with Gasteiger partial charge in [-0.3, -0.25) is 4.79 Å². The molecule has 0 bridgehead atoms. The number of aliphatic carboxylic acids is 1. The maximum atomic E-state index is 10.0. The summed E-state index contributed by atoms with van der Waals surface area (Å²) in [4.78, 5) is 12.8. The average Bonchev–Trinajstić information content (AvgIpc) is 2.15. The predicted octanol–water partition coefficient (Wildman–Crippen LogP) is 0.642. The summed E-state index contributed by atoms with van der Waals surface area (Å²) in [5, 5.41) is 8.27. The fourth-order valence-electron chi connectivity index (χ4n) is 0.640. The van der Waals surface area contributed by atoms with E-state index in [1.807, 2.05) is 0 Å². The third-order valence-corrected chi connectivity index (χ3v) is 1.00. The van der Waals surface area contributed by atoms with Crippen molar-refractivity contribution < 1.29 is 9.90 Å². The van der Waals surface area contributed by atoms with Gasteiger partial charge in [-0.15, -0.1) is 0 Å². The monoisotopic (exact) mass is 125 g/mol. The lowest BCUT2D eigenvalue weighted by molar-refractivity contribution is -0.136. The molecular formula is C6H7NO2. The minimum absolute atomic E-state index is 0.0764. The van der Waals surface area contributed by atoms with Gasteiger partial charge in [0.2, 0.25) is 0 Å². The molecule has 1 aromatic heterocycles. The minimum atomic E-state index is -0.808. The van der Waals surface area contributed by atoms with Gasteiger partial charge in [0, 0.05) is 11.9 Å². The van der Waals surface area contributed by atoms with E-state index in [9.17, 15) is 4.79 Å². The molecule has 0 aliphatic rings. The van der Waals surface area contributed by atoms with Crippen LogP contribution in [0.15, 0.2) is 18.3 Å². The van der Waals surface area contributed by atoms with Crippen molar-refractivity contribution in [1.29, 1.82) is 0 Å². The Morgan fingerprint density at radius 3 is 3.00 bits per heavy atom. The van der Waals surface area contributed by atoms with Gasteiger partial charge in [-0.2, -0.15) is 0 Å². The second kappa shape index (κ2) is 2.35. The third kappa shape index (κ3) is 1.60. The quantitative estimate of drug-likeness (QED) is 0.609. The molecule has 0 saturated carbocycles. The number of aromatic nitrogens is 1. The summed E-state index contributed by atoms with van der Waals surface area (Å²) >= 11 is 0. The highest BCUT2D eigenvalue weighted by Gasteiger charge is 1.97. The first-order valence-corrected chi connectivity index (χ1v) is 2.63. The Bertz CT molecular complexity index is 191. The van der Waals surface area contributed by atoms with Crippen molar-refractivity contribution >= 4 is 5.97 Å². The Labute approximate surface area is 52.3 Å². The van der Waals surface area contributed by atoms with E-state index in [1.165, 1.54) is 0 Å². The normalized spacial score (nSPS) is 9.33. The van der Waals surface area contributed by atoms with Gasteiger partial charge in [-0.25, -0.2) is 0 Å². The van der Waals surface area contributed by atoms with Crippen LogP contribution in [-0.4, -0.2) is 16.1 Å². The van der Waals surface area contributed by atoms with Crippen LogP contribution in [0.3, 0.4) is 0 Å². The molecule has 0 saturated heterocycles. The van der Waals surface area contributed by atoms with Crippen LogP contribution in [0.1, 0.15) is 5.69 Å². The number of hydrogen-bond donors (Lipinski definition) is 2. The average molecular weight is 125 g/mol. The molecule has 1 aromatic rings. The molecule has 9 heavy (non-hydrogen) atoms. The van der Waals surface area contributed by atoms with Crippen LogP contribution in [0.2, 0.25) is 0 Å². The molecule has 3 heteroatoms. The molecule has 1 heterocycles. The number of nitrogens with one attached hydrogen (secondary N) is 1. The molecule has 0 spiro atoms. The SMILES string of the molecule is O=C(O)Cc1ccc[nH]1. The molecule has 0 unspecified atom stereocenters. The Hall–Kier alpha value is -1.25. The molecule has 48 valence electrons. The van der Waals surface area contributed by atoms with Crippen molar-refractivity contribution in [3.63, 3.8) is 0 Å². The zero-order chi connectivity index (χ0) is 6.69. The first-order valence-electron chi connectivity index (χ1n) is 2.63. The number of H-pyrrole nitrogens is 1. The largest absolute Gasteiger partial charge is 0.481 e. The van der Waals surface area contributed by atoms with E-state index in [1.54, 1.807) is 18.3 Å². The van der Waals surface area contributed by atoms with Gasteiger partial charge >= 0.3 is 5.97 Å². The van der Waals surface area contributed by atoms with E-state index in [0.717, 1.165) is 5.69 Å². The van der Waals surface area contributed by atoms with E-state index in [4.69, 9.17) is 5.11 Å². The third-order valence-electron chi connectivity index (χ3n) is 1.00. The Morgan fingerprint density at radius 2 is 2.56 bits per heavy atom. The highest BCUT2D eigenvalue weighted by atomic mass is 16.4. The minimum Gasteiger partial charge on any atom is -0.481 e. The van der Waals surface area contributed by atoms with Crippen molar-refractivity contribution in [3.05, 3.63) is 24.0 Å². The number of carboxylic acid groups (broad SMARTS) is 1. The smallest absolute Gasteiger partial charge is 0.309 e. The van der Waals surface area contributed by atoms with E-state index in [2.05, 4.69) is 4.98 Å². The summed E-state index contributed by atoms with van der Waals surface area (Å²) in [5.41, 5.74) is 0.738. The maximum Gasteiger partial charge on any atom is 0.309 e.